The van der Waals surface area contributed by atoms with Crippen molar-refractivity contribution < 1.29 is 8.83 Å². The molecule has 4 heterocycles. The number of furan rings is 2. The summed E-state index contributed by atoms with van der Waals surface area (Å²) < 4.78 is 16.4. The van der Waals surface area contributed by atoms with Crippen LogP contribution in [0.1, 0.15) is 0 Å². The predicted octanol–water partition coefficient (Wildman–Crippen LogP) is 15.3. The molecule has 0 saturated heterocycles. The number of aromatic nitrogens is 1. The van der Waals surface area contributed by atoms with Gasteiger partial charge in [0.05, 0.1) is 15.6 Å². The first-order chi connectivity index (χ1) is 27.2. The number of para-hydroxylation sites is 1. The molecular weight excluding hydrogens is 713 g/mol. The monoisotopic (exact) mass is 740 g/mol. The van der Waals surface area contributed by atoms with E-state index in [1.54, 1.807) is 11.3 Å². The standard InChI is InChI=1S/C49H28N2O2S2/c1-2-8-30(9-3-1)49-50-48-45(55-49)25-24-42-47(48)38-21-16-31(26-43(38)53-42)29-14-17-32(18-15-29)51(33-20-23-41-39(27-33)35-10-4-6-12-40(35)52-41)34-19-22-37-36-11-5-7-13-44(36)54-46(37)28-34/h1-28H. The van der Waals surface area contributed by atoms with Crippen molar-refractivity contribution in [2.45, 2.75) is 0 Å². The third-order valence-corrected chi connectivity index (χ3v) is 12.9. The molecule has 0 bridgehead atoms. The molecule has 0 spiro atoms. The molecule has 6 heteroatoms. The Kier molecular flexibility index (Phi) is 6.64. The van der Waals surface area contributed by atoms with Crippen molar-refractivity contribution in [1.82, 2.24) is 4.98 Å². The molecule has 258 valence electrons. The van der Waals surface area contributed by atoms with E-state index in [4.69, 9.17) is 13.8 Å². The summed E-state index contributed by atoms with van der Waals surface area (Å²) in [5.41, 5.74) is 11.1. The second kappa shape index (κ2) is 11.9. The van der Waals surface area contributed by atoms with Gasteiger partial charge in [0.25, 0.3) is 0 Å². The van der Waals surface area contributed by atoms with E-state index < -0.39 is 0 Å². The summed E-state index contributed by atoms with van der Waals surface area (Å²) in [7, 11) is 0. The molecule has 0 saturated carbocycles. The van der Waals surface area contributed by atoms with E-state index in [1.807, 2.05) is 29.5 Å². The number of hydrogen-bond donors (Lipinski definition) is 0. The molecule has 8 aromatic carbocycles. The van der Waals surface area contributed by atoms with Crippen LogP contribution in [0.2, 0.25) is 0 Å². The zero-order valence-electron chi connectivity index (χ0n) is 29.2. The van der Waals surface area contributed by atoms with Crippen LogP contribution in [0, 0.1) is 0 Å². The van der Waals surface area contributed by atoms with Crippen molar-refractivity contribution in [3.8, 4) is 21.7 Å². The Balaban J connectivity index is 0.961. The summed E-state index contributed by atoms with van der Waals surface area (Å²) in [6.07, 6.45) is 0. The SMILES string of the molecule is c1ccc(-c2nc3c(ccc4oc5cc(-c6ccc(N(c7ccc8c(c7)sc7ccccc78)c7ccc8oc9ccccc9c8c7)cc6)ccc5c43)s2)cc1. The Bertz CT molecular complexity index is 3440. The van der Waals surface area contributed by atoms with Crippen LogP contribution in [-0.4, -0.2) is 4.98 Å². The topological polar surface area (TPSA) is 42.4 Å². The summed E-state index contributed by atoms with van der Waals surface area (Å²) in [4.78, 5) is 7.44. The van der Waals surface area contributed by atoms with Crippen LogP contribution in [0.3, 0.4) is 0 Å². The van der Waals surface area contributed by atoms with E-state index in [9.17, 15) is 0 Å². The highest BCUT2D eigenvalue weighted by molar-refractivity contribution is 7.25. The van der Waals surface area contributed by atoms with Crippen molar-refractivity contribution >= 4 is 114 Å². The fourth-order valence-corrected chi connectivity index (χ4v) is 10.2. The van der Waals surface area contributed by atoms with Crippen molar-refractivity contribution in [1.29, 1.82) is 0 Å². The molecule has 12 aromatic rings. The lowest BCUT2D eigenvalue weighted by Crippen LogP contribution is -2.09. The third kappa shape index (κ3) is 4.85. The van der Waals surface area contributed by atoms with Crippen LogP contribution in [-0.2, 0) is 0 Å². The van der Waals surface area contributed by atoms with E-state index >= 15 is 0 Å². The maximum Gasteiger partial charge on any atom is 0.137 e. The summed E-state index contributed by atoms with van der Waals surface area (Å²) in [6, 6.07) is 60.2. The van der Waals surface area contributed by atoms with Gasteiger partial charge in [-0.2, -0.15) is 0 Å². The quantitative estimate of drug-likeness (QED) is 0.176. The first-order valence-electron chi connectivity index (χ1n) is 18.3. The molecule has 0 fully saturated rings. The number of benzene rings is 8. The first kappa shape index (κ1) is 30.7. The van der Waals surface area contributed by atoms with E-state index in [0.29, 0.717) is 0 Å². The highest BCUT2D eigenvalue weighted by Crippen LogP contribution is 2.44. The van der Waals surface area contributed by atoms with Gasteiger partial charge in [0.15, 0.2) is 0 Å². The number of thiophene rings is 1. The number of fused-ring (bicyclic) bond motifs is 11. The van der Waals surface area contributed by atoms with Gasteiger partial charge in [-0.1, -0.05) is 91.0 Å². The molecule has 0 N–H and O–H groups in total. The number of rotatable bonds is 5. The fourth-order valence-electron chi connectivity index (χ4n) is 8.09. The zero-order valence-corrected chi connectivity index (χ0v) is 30.8. The fraction of sp³-hybridized carbons (Fsp3) is 0. The minimum Gasteiger partial charge on any atom is -0.456 e. The molecular formula is C49H28N2O2S2. The van der Waals surface area contributed by atoms with Crippen LogP contribution < -0.4 is 4.90 Å². The van der Waals surface area contributed by atoms with Gasteiger partial charge < -0.3 is 13.7 Å². The lowest BCUT2D eigenvalue weighted by Gasteiger charge is -2.26. The van der Waals surface area contributed by atoms with Crippen LogP contribution in [0.4, 0.5) is 17.1 Å². The summed E-state index contributed by atoms with van der Waals surface area (Å²) >= 11 is 3.56. The lowest BCUT2D eigenvalue weighted by molar-refractivity contribution is 0.668. The highest BCUT2D eigenvalue weighted by Gasteiger charge is 2.19. The largest absolute Gasteiger partial charge is 0.456 e. The Morgan fingerprint density at radius 2 is 1.05 bits per heavy atom. The van der Waals surface area contributed by atoms with Crippen molar-refractivity contribution in [2.24, 2.45) is 0 Å². The minimum atomic E-state index is 0.855. The van der Waals surface area contributed by atoms with Crippen LogP contribution in [0.5, 0.6) is 0 Å². The van der Waals surface area contributed by atoms with Crippen LogP contribution in [0.15, 0.2) is 179 Å². The van der Waals surface area contributed by atoms with E-state index in [2.05, 4.69) is 157 Å². The average molecular weight is 741 g/mol. The Labute approximate surface area is 322 Å². The van der Waals surface area contributed by atoms with Gasteiger partial charge in [-0.25, -0.2) is 4.98 Å². The molecule has 0 aliphatic heterocycles. The molecule has 0 unspecified atom stereocenters. The molecule has 0 radical (unpaired) electrons. The van der Waals surface area contributed by atoms with E-state index in [1.165, 1.54) is 20.2 Å². The zero-order chi connectivity index (χ0) is 36.0. The van der Waals surface area contributed by atoms with Gasteiger partial charge in [0, 0.05) is 59.0 Å². The smallest absolute Gasteiger partial charge is 0.137 e. The Morgan fingerprint density at radius 3 is 1.96 bits per heavy atom. The van der Waals surface area contributed by atoms with Gasteiger partial charge in [-0.3, -0.25) is 0 Å². The van der Waals surface area contributed by atoms with Gasteiger partial charge in [-0.05, 0) is 90.0 Å². The molecule has 4 aromatic heterocycles. The highest BCUT2D eigenvalue weighted by atomic mass is 32.1. The number of anilines is 3. The maximum absolute atomic E-state index is 6.48. The van der Waals surface area contributed by atoms with Gasteiger partial charge >= 0.3 is 0 Å². The van der Waals surface area contributed by atoms with Crippen LogP contribution >= 0.6 is 22.7 Å². The van der Waals surface area contributed by atoms with Crippen LogP contribution in [0.25, 0.3) is 96.0 Å². The molecule has 0 aliphatic rings. The van der Waals surface area contributed by atoms with Crippen molar-refractivity contribution in [2.75, 3.05) is 4.90 Å². The molecule has 12 rings (SSSR count). The molecule has 4 nitrogen and oxygen atoms in total. The van der Waals surface area contributed by atoms with Gasteiger partial charge in [0.2, 0.25) is 0 Å². The molecule has 0 amide bonds. The summed E-state index contributed by atoms with van der Waals surface area (Å²) in [5, 5.41) is 7.96. The van der Waals surface area contributed by atoms with Gasteiger partial charge in [0.1, 0.15) is 27.3 Å². The summed E-state index contributed by atoms with van der Waals surface area (Å²) in [6.45, 7) is 0. The van der Waals surface area contributed by atoms with E-state index in [0.717, 1.165) is 92.9 Å². The summed E-state index contributed by atoms with van der Waals surface area (Å²) in [5.74, 6) is 0. The van der Waals surface area contributed by atoms with Gasteiger partial charge in [-0.15, -0.1) is 22.7 Å². The number of thiazole rings is 1. The lowest BCUT2D eigenvalue weighted by atomic mass is 10.0. The number of nitrogens with zero attached hydrogens (tertiary/aromatic N) is 2. The normalized spacial score (nSPS) is 12.0. The molecule has 55 heavy (non-hydrogen) atoms. The van der Waals surface area contributed by atoms with Crippen molar-refractivity contribution in [3.63, 3.8) is 0 Å². The average Bonchev–Trinajstić information content (AvgIpc) is 4.02. The van der Waals surface area contributed by atoms with Crippen molar-refractivity contribution in [3.05, 3.63) is 170 Å². The minimum absolute atomic E-state index is 0.855. The predicted molar refractivity (Wildman–Crippen MR) is 233 cm³/mol. The second-order valence-corrected chi connectivity index (χ2v) is 16.0. The Morgan fingerprint density at radius 1 is 0.382 bits per heavy atom. The Hall–Kier alpha value is -6.73. The number of hydrogen-bond acceptors (Lipinski definition) is 6. The maximum atomic E-state index is 6.48. The molecule has 0 aliphatic carbocycles. The van der Waals surface area contributed by atoms with E-state index in [-0.39, 0.29) is 0 Å². The first-order valence-corrected chi connectivity index (χ1v) is 19.9. The third-order valence-electron chi connectivity index (χ3n) is 10.7. The molecule has 0 atom stereocenters. The second-order valence-electron chi connectivity index (χ2n) is 13.9.